The Bertz CT molecular complexity index is 844. The fraction of sp³-hybridized carbons (Fsp3) is 0.143. The Morgan fingerprint density at radius 1 is 1.29 bits per heavy atom. The van der Waals surface area contributed by atoms with Crippen molar-refractivity contribution in [1.29, 1.82) is 0 Å². The predicted molar refractivity (Wildman–Crippen MR) is 81.4 cm³/mol. The van der Waals surface area contributed by atoms with E-state index in [-0.39, 0.29) is 5.56 Å². The Morgan fingerprint density at radius 2 is 2.10 bits per heavy atom. The van der Waals surface area contributed by atoms with E-state index in [1.165, 1.54) is 23.1 Å². The molecule has 3 aromatic rings. The number of hydrogen-bond donors (Lipinski definition) is 2. The number of carboxylic acids is 1. The quantitative estimate of drug-likeness (QED) is 0.772. The predicted octanol–water partition coefficient (Wildman–Crippen LogP) is 3.14. The van der Waals surface area contributed by atoms with E-state index in [0.29, 0.717) is 16.8 Å². The molecule has 2 aromatic heterocycles. The normalized spacial score (nSPS) is 10.8. The van der Waals surface area contributed by atoms with Crippen molar-refractivity contribution in [3.63, 3.8) is 0 Å². The minimum absolute atomic E-state index is 0.0977. The topological polar surface area (TPSA) is 88.0 Å². The third-order valence-corrected chi connectivity index (χ3v) is 3.91. The van der Waals surface area contributed by atoms with Crippen molar-refractivity contribution in [2.24, 2.45) is 0 Å². The van der Waals surface area contributed by atoms with E-state index < -0.39 is 5.97 Å². The standard InChI is InChI=1S/C14H12N4O2S/c1-7-3-4-10-11(5-7)21-14(17-10)18-13-15-6-9(12(19)20)8(2)16-13/h3-6H,1-2H3,(H,19,20)(H,15,16,17,18). The molecule has 1 aromatic carbocycles. The highest BCUT2D eigenvalue weighted by atomic mass is 32.1. The van der Waals surface area contributed by atoms with Gasteiger partial charge in [-0.1, -0.05) is 17.4 Å². The summed E-state index contributed by atoms with van der Waals surface area (Å²) in [4.78, 5) is 23.5. The summed E-state index contributed by atoms with van der Waals surface area (Å²) in [6.07, 6.45) is 1.30. The third kappa shape index (κ3) is 2.68. The van der Waals surface area contributed by atoms with Crippen molar-refractivity contribution in [2.75, 3.05) is 5.32 Å². The highest BCUT2D eigenvalue weighted by molar-refractivity contribution is 7.22. The lowest BCUT2D eigenvalue weighted by Crippen LogP contribution is -2.05. The Balaban J connectivity index is 1.91. The number of nitrogens with zero attached hydrogens (tertiary/aromatic N) is 3. The summed E-state index contributed by atoms with van der Waals surface area (Å²) >= 11 is 1.50. The molecule has 106 valence electrons. The number of aryl methyl sites for hydroxylation is 2. The second-order valence-electron chi connectivity index (χ2n) is 4.61. The maximum absolute atomic E-state index is 10.9. The van der Waals surface area contributed by atoms with E-state index in [2.05, 4.69) is 26.3 Å². The summed E-state index contributed by atoms with van der Waals surface area (Å²) in [5.74, 6) is -0.692. The summed E-state index contributed by atoms with van der Waals surface area (Å²) in [6, 6.07) is 6.04. The van der Waals surface area contributed by atoms with Gasteiger partial charge in [0.05, 0.1) is 21.5 Å². The van der Waals surface area contributed by atoms with Crippen molar-refractivity contribution in [1.82, 2.24) is 15.0 Å². The van der Waals surface area contributed by atoms with E-state index in [4.69, 9.17) is 5.11 Å². The molecule has 0 aliphatic carbocycles. The molecule has 0 amide bonds. The lowest BCUT2D eigenvalue weighted by atomic mass is 10.2. The monoisotopic (exact) mass is 300 g/mol. The molecule has 2 heterocycles. The zero-order valence-electron chi connectivity index (χ0n) is 11.4. The number of thiazole rings is 1. The second-order valence-corrected chi connectivity index (χ2v) is 5.64. The molecule has 6 nitrogen and oxygen atoms in total. The first-order chi connectivity index (χ1) is 10.0. The first kappa shape index (κ1) is 13.4. The van der Waals surface area contributed by atoms with Gasteiger partial charge in [-0.2, -0.15) is 0 Å². The highest BCUT2D eigenvalue weighted by Crippen LogP contribution is 2.28. The number of carbonyl (C=O) groups is 1. The molecule has 2 N–H and O–H groups in total. The molecule has 7 heteroatoms. The second kappa shape index (κ2) is 5.10. The van der Waals surface area contributed by atoms with Gasteiger partial charge in [0.15, 0.2) is 5.13 Å². The van der Waals surface area contributed by atoms with Crippen LogP contribution in [0.2, 0.25) is 0 Å². The van der Waals surface area contributed by atoms with Gasteiger partial charge in [-0.05, 0) is 31.5 Å². The Morgan fingerprint density at radius 3 is 2.81 bits per heavy atom. The molecule has 0 radical (unpaired) electrons. The average molecular weight is 300 g/mol. The fourth-order valence-corrected chi connectivity index (χ4v) is 2.88. The first-order valence-electron chi connectivity index (χ1n) is 6.24. The maximum atomic E-state index is 10.9. The minimum Gasteiger partial charge on any atom is -0.478 e. The lowest BCUT2D eigenvalue weighted by molar-refractivity contribution is 0.0695. The number of fused-ring (bicyclic) bond motifs is 1. The van der Waals surface area contributed by atoms with Crippen LogP contribution in [0.25, 0.3) is 10.2 Å². The van der Waals surface area contributed by atoms with Crippen molar-refractivity contribution < 1.29 is 9.90 Å². The summed E-state index contributed by atoms with van der Waals surface area (Å²) in [5.41, 5.74) is 2.60. The van der Waals surface area contributed by atoms with Crippen LogP contribution in [0.3, 0.4) is 0 Å². The van der Waals surface area contributed by atoms with Crippen molar-refractivity contribution >= 4 is 38.6 Å². The maximum Gasteiger partial charge on any atom is 0.339 e. The van der Waals surface area contributed by atoms with Gasteiger partial charge in [0.1, 0.15) is 0 Å². The van der Waals surface area contributed by atoms with Gasteiger partial charge >= 0.3 is 5.97 Å². The van der Waals surface area contributed by atoms with E-state index in [1.807, 2.05) is 19.1 Å². The number of rotatable bonds is 3. The van der Waals surface area contributed by atoms with Gasteiger partial charge in [0, 0.05) is 6.20 Å². The van der Waals surface area contributed by atoms with E-state index in [0.717, 1.165) is 10.2 Å². The zero-order valence-corrected chi connectivity index (χ0v) is 12.2. The average Bonchev–Trinajstić information content (AvgIpc) is 2.79. The van der Waals surface area contributed by atoms with Crippen LogP contribution in [0.5, 0.6) is 0 Å². The van der Waals surface area contributed by atoms with Gasteiger partial charge in [0.2, 0.25) is 5.95 Å². The molecule has 0 unspecified atom stereocenters. The molecular formula is C14H12N4O2S. The molecule has 0 aliphatic rings. The van der Waals surface area contributed by atoms with Crippen molar-refractivity contribution in [2.45, 2.75) is 13.8 Å². The number of benzene rings is 1. The largest absolute Gasteiger partial charge is 0.478 e. The molecule has 0 aliphatic heterocycles. The Labute approximate surface area is 124 Å². The molecule has 0 spiro atoms. The number of aromatic nitrogens is 3. The van der Waals surface area contributed by atoms with E-state index in [9.17, 15) is 4.79 Å². The van der Waals surface area contributed by atoms with Gasteiger partial charge in [-0.3, -0.25) is 0 Å². The summed E-state index contributed by atoms with van der Waals surface area (Å²) in [5, 5.41) is 12.6. The lowest BCUT2D eigenvalue weighted by Gasteiger charge is -2.03. The Hall–Kier alpha value is -2.54. The third-order valence-electron chi connectivity index (χ3n) is 2.97. The summed E-state index contributed by atoms with van der Waals surface area (Å²) < 4.78 is 1.08. The molecule has 0 saturated carbocycles. The first-order valence-corrected chi connectivity index (χ1v) is 7.06. The molecule has 0 saturated heterocycles. The van der Waals surface area contributed by atoms with Gasteiger partial charge in [-0.25, -0.2) is 19.7 Å². The van der Waals surface area contributed by atoms with Crippen molar-refractivity contribution in [3.8, 4) is 0 Å². The van der Waals surface area contributed by atoms with E-state index in [1.54, 1.807) is 6.92 Å². The molecule has 0 bridgehead atoms. The fourth-order valence-electron chi connectivity index (χ4n) is 1.92. The summed E-state index contributed by atoms with van der Waals surface area (Å²) in [7, 11) is 0. The number of nitrogens with one attached hydrogen (secondary N) is 1. The molecular weight excluding hydrogens is 288 g/mol. The minimum atomic E-state index is -1.03. The van der Waals surface area contributed by atoms with Gasteiger partial charge < -0.3 is 10.4 Å². The Kier molecular flexibility index (Phi) is 3.26. The van der Waals surface area contributed by atoms with Crippen LogP contribution in [0.15, 0.2) is 24.4 Å². The number of aromatic carboxylic acids is 1. The van der Waals surface area contributed by atoms with Crippen LogP contribution in [-0.2, 0) is 0 Å². The molecule has 0 fully saturated rings. The van der Waals surface area contributed by atoms with Gasteiger partial charge in [-0.15, -0.1) is 0 Å². The number of hydrogen-bond acceptors (Lipinski definition) is 6. The van der Waals surface area contributed by atoms with Crippen LogP contribution < -0.4 is 5.32 Å². The number of anilines is 2. The SMILES string of the molecule is Cc1ccc2nc(Nc3ncc(C(=O)O)c(C)n3)sc2c1. The molecule has 0 atom stereocenters. The van der Waals surface area contributed by atoms with Crippen LogP contribution in [0.1, 0.15) is 21.6 Å². The summed E-state index contributed by atoms with van der Waals surface area (Å²) in [6.45, 7) is 3.67. The smallest absolute Gasteiger partial charge is 0.339 e. The zero-order chi connectivity index (χ0) is 15.0. The molecule has 3 rings (SSSR count). The van der Waals surface area contributed by atoms with Gasteiger partial charge in [0.25, 0.3) is 0 Å². The molecule has 21 heavy (non-hydrogen) atoms. The van der Waals surface area contributed by atoms with Crippen molar-refractivity contribution in [3.05, 3.63) is 41.2 Å². The highest BCUT2D eigenvalue weighted by Gasteiger charge is 2.11. The van der Waals surface area contributed by atoms with Crippen LogP contribution >= 0.6 is 11.3 Å². The number of carboxylic acid groups (broad SMARTS) is 1. The van der Waals surface area contributed by atoms with Crippen LogP contribution in [-0.4, -0.2) is 26.0 Å². The van der Waals surface area contributed by atoms with Crippen LogP contribution in [0.4, 0.5) is 11.1 Å². The van der Waals surface area contributed by atoms with E-state index >= 15 is 0 Å². The van der Waals surface area contributed by atoms with Crippen LogP contribution in [0, 0.1) is 13.8 Å².